The summed E-state index contributed by atoms with van der Waals surface area (Å²) in [7, 11) is 0. The lowest BCUT2D eigenvalue weighted by Crippen LogP contribution is -2.46. The molecule has 2 rings (SSSR count). The Morgan fingerprint density at radius 2 is 1.92 bits per heavy atom. The van der Waals surface area contributed by atoms with Crippen LogP contribution in [0.15, 0.2) is 29.1 Å². The van der Waals surface area contributed by atoms with Crippen LogP contribution in [0.1, 0.15) is 24.3 Å². The molecule has 0 aliphatic heterocycles. The lowest BCUT2D eigenvalue weighted by atomic mass is 10.1. The van der Waals surface area contributed by atoms with Gasteiger partial charge in [0.05, 0.1) is 5.39 Å². The number of aromatic nitrogens is 2. The molecule has 0 aliphatic carbocycles. The van der Waals surface area contributed by atoms with Gasteiger partial charge in [-0.25, -0.2) is 9.89 Å². The van der Waals surface area contributed by atoms with E-state index in [1.54, 1.807) is 31.2 Å². The molecule has 1 atom stereocenters. The number of nitrogens with one attached hydrogen (secondary N) is 3. The molecule has 0 bridgehead atoms. The zero-order valence-corrected chi connectivity index (χ0v) is 13.8. The molecule has 3 N–H and O–H groups in total. The minimum atomic E-state index is -0.853. The van der Waals surface area contributed by atoms with Crippen molar-refractivity contribution in [2.45, 2.75) is 19.9 Å². The van der Waals surface area contributed by atoms with Crippen LogP contribution in [0.3, 0.4) is 0 Å². The summed E-state index contributed by atoms with van der Waals surface area (Å²) in [5.41, 5.74) is -0.527. The summed E-state index contributed by atoms with van der Waals surface area (Å²) in [5, 5.41) is 11.5. The number of esters is 1. The Morgan fingerprint density at radius 1 is 1.24 bits per heavy atom. The van der Waals surface area contributed by atoms with Crippen molar-refractivity contribution in [1.29, 1.82) is 0 Å². The van der Waals surface area contributed by atoms with Gasteiger partial charge in [-0.2, -0.15) is 5.10 Å². The Bertz CT molecular complexity index is 861. The largest absolute Gasteiger partial charge is 0.451 e. The number of amides is 2. The van der Waals surface area contributed by atoms with E-state index >= 15 is 0 Å². The number of H-pyrrole nitrogens is 1. The summed E-state index contributed by atoms with van der Waals surface area (Å²) in [4.78, 5) is 47.1. The van der Waals surface area contributed by atoms with E-state index in [0.717, 1.165) is 0 Å². The Morgan fingerprint density at radius 3 is 2.60 bits per heavy atom. The Kier molecular flexibility index (Phi) is 5.83. The van der Waals surface area contributed by atoms with Crippen molar-refractivity contribution in [3.63, 3.8) is 0 Å². The average molecular weight is 346 g/mol. The molecule has 0 aliphatic rings. The van der Waals surface area contributed by atoms with Gasteiger partial charge in [0.15, 0.2) is 12.3 Å². The van der Waals surface area contributed by atoms with E-state index in [-0.39, 0.29) is 11.6 Å². The lowest BCUT2D eigenvalue weighted by molar-refractivity contribution is -0.130. The van der Waals surface area contributed by atoms with E-state index in [2.05, 4.69) is 20.8 Å². The second kappa shape index (κ2) is 8.04. The molecule has 2 amide bonds. The number of hydrogen-bond acceptors (Lipinski definition) is 6. The van der Waals surface area contributed by atoms with E-state index in [1.165, 1.54) is 6.92 Å². The first-order valence-corrected chi connectivity index (χ1v) is 7.65. The third-order valence-electron chi connectivity index (χ3n) is 3.35. The number of fused-ring (bicyclic) bond motifs is 1. The van der Waals surface area contributed by atoms with Crippen LogP contribution >= 0.6 is 0 Å². The van der Waals surface area contributed by atoms with Gasteiger partial charge in [-0.15, -0.1) is 0 Å². The van der Waals surface area contributed by atoms with Crippen LogP contribution in [-0.2, 0) is 14.3 Å². The molecular weight excluding hydrogens is 328 g/mol. The molecule has 0 radical (unpaired) electrons. The molecule has 132 valence electrons. The van der Waals surface area contributed by atoms with Crippen molar-refractivity contribution in [2.75, 3.05) is 13.2 Å². The van der Waals surface area contributed by atoms with Crippen LogP contribution in [0.5, 0.6) is 0 Å². The van der Waals surface area contributed by atoms with Crippen LogP contribution in [0.2, 0.25) is 0 Å². The summed E-state index contributed by atoms with van der Waals surface area (Å²) in [6.07, 6.45) is 0. The van der Waals surface area contributed by atoms with Crippen LogP contribution in [-0.4, -0.2) is 47.2 Å². The number of benzene rings is 1. The molecule has 0 fully saturated rings. The summed E-state index contributed by atoms with van der Waals surface area (Å²) < 4.78 is 4.91. The fourth-order valence-electron chi connectivity index (χ4n) is 2.15. The molecule has 9 nitrogen and oxygen atoms in total. The highest BCUT2D eigenvalue weighted by molar-refractivity contribution is 6.02. The fraction of sp³-hybridized carbons (Fsp3) is 0.312. The molecule has 25 heavy (non-hydrogen) atoms. The maximum atomic E-state index is 12.1. The highest BCUT2D eigenvalue weighted by Crippen LogP contribution is 2.13. The zero-order chi connectivity index (χ0) is 18.4. The minimum absolute atomic E-state index is 0.0974. The molecule has 1 heterocycles. The maximum Gasteiger partial charge on any atom is 0.359 e. The minimum Gasteiger partial charge on any atom is -0.451 e. The molecule has 1 aromatic carbocycles. The zero-order valence-electron chi connectivity index (χ0n) is 13.8. The van der Waals surface area contributed by atoms with Crippen molar-refractivity contribution >= 4 is 28.6 Å². The van der Waals surface area contributed by atoms with Crippen molar-refractivity contribution < 1.29 is 19.1 Å². The van der Waals surface area contributed by atoms with Gasteiger partial charge in [0, 0.05) is 11.9 Å². The number of likely N-dealkylation sites (N-methyl/N-ethyl adjacent to an activating group) is 1. The van der Waals surface area contributed by atoms with Gasteiger partial charge in [-0.3, -0.25) is 14.4 Å². The lowest BCUT2D eigenvalue weighted by Gasteiger charge is -2.13. The molecule has 0 unspecified atom stereocenters. The number of rotatable bonds is 6. The van der Waals surface area contributed by atoms with Crippen molar-refractivity contribution in [3.05, 3.63) is 40.3 Å². The third kappa shape index (κ3) is 4.40. The third-order valence-corrected chi connectivity index (χ3v) is 3.35. The Labute approximate surface area is 142 Å². The normalized spacial score (nSPS) is 11.6. The molecule has 0 saturated heterocycles. The van der Waals surface area contributed by atoms with Crippen molar-refractivity contribution in [1.82, 2.24) is 20.8 Å². The number of nitrogens with zero attached hydrogens (tertiary/aromatic N) is 1. The summed E-state index contributed by atoms with van der Waals surface area (Å²) in [6, 6.07) is 5.67. The number of carbonyl (C=O) groups excluding carboxylic acids is 3. The highest BCUT2D eigenvalue weighted by atomic mass is 16.5. The molecular formula is C16H18N4O5. The number of hydrogen-bond donors (Lipinski definition) is 3. The van der Waals surface area contributed by atoms with E-state index in [1.807, 2.05) is 0 Å². The first kappa shape index (κ1) is 18.1. The monoisotopic (exact) mass is 346 g/mol. The second-order valence-corrected chi connectivity index (χ2v) is 5.21. The average Bonchev–Trinajstić information content (AvgIpc) is 2.60. The number of ether oxygens (including phenoxy) is 1. The van der Waals surface area contributed by atoms with E-state index in [9.17, 15) is 19.2 Å². The maximum absolute atomic E-state index is 12.1. The molecule has 2 aromatic rings. The van der Waals surface area contributed by atoms with Crippen LogP contribution < -0.4 is 16.2 Å². The van der Waals surface area contributed by atoms with E-state index in [4.69, 9.17) is 4.74 Å². The first-order valence-electron chi connectivity index (χ1n) is 7.65. The molecule has 9 heteroatoms. The summed E-state index contributed by atoms with van der Waals surface area (Å²) in [6.45, 7) is 3.15. The molecule has 1 aromatic heterocycles. The van der Waals surface area contributed by atoms with Gasteiger partial charge in [0.1, 0.15) is 6.04 Å². The van der Waals surface area contributed by atoms with Gasteiger partial charge in [0.2, 0.25) is 5.91 Å². The number of aromatic amines is 1. The number of carbonyl (C=O) groups is 3. The topological polar surface area (TPSA) is 130 Å². The van der Waals surface area contributed by atoms with Gasteiger partial charge in [-0.05, 0) is 19.9 Å². The van der Waals surface area contributed by atoms with Crippen molar-refractivity contribution in [2.24, 2.45) is 0 Å². The summed E-state index contributed by atoms with van der Waals surface area (Å²) in [5.74, 6) is -1.82. The van der Waals surface area contributed by atoms with Gasteiger partial charge < -0.3 is 15.4 Å². The fourth-order valence-corrected chi connectivity index (χ4v) is 2.15. The standard InChI is InChI=1S/C16H18N4O5/c1-3-17-14(22)9(2)18-12(21)8-25-16(24)13-10-6-4-5-7-11(10)15(23)20-19-13/h4-7,9H,3,8H2,1-2H3,(H,17,22)(H,18,21)(H,20,23)/t9-/m1/s1. The second-order valence-electron chi connectivity index (χ2n) is 5.21. The Hall–Kier alpha value is -3.23. The highest BCUT2D eigenvalue weighted by Gasteiger charge is 2.19. The van der Waals surface area contributed by atoms with E-state index in [0.29, 0.717) is 17.3 Å². The van der Waals surface area contributed by atoms with Crippen LogP contribution in [0, 0.1) is 0 Å². The van der Waals surface area contributed by atoms with Gasteiger partial charge >= 0.3 is 5.97 Å². The smallest absolute Gasteiger partial charge is 0.359 e. The quantitative estimate of drug-likeness (QED) is 0.617. The van der Waals surface area contributed by atoms with E-state index < -0.39 is 30.1 Å². The summed E-state index contributed by atoms with van der Waals surface area (Å²) >= 11 is 0. The predicted molar refractivity (Wildman–Crippen MR) is 88.9 cm³/mol. The predicted octanol–water partition coefficient (Wildman–Crippen LogP) is -0.279. The molecule has 0 spiro atoms. The van der Waals surface area contributed by atoms with Gasteiger partial charge in [-0.1, -0.05) is 18.2 Å². The van der Waals surface area contributed by atoms with Crippen LogP contribution in [0.25, 0.3) is 10.8 Å². The Balaban J connectivity index is 2.01. The van der Waals surface area contributed by atoms with Gasteiger partial charge in [0.25, 0.3) is 11.5 Å². The molecule has 0 saturated carbocycles. The van der Waals surface area contributed by atoms with Crippen LogP contribution in [0.4, 0.5) is 0 Å². The SMILES string of the molecule is CCNC(=O)[C@@H](C)NC(=O)COC(=O)c1n[nH]c(=O)c2ccccc12. The first-order chi connectivity index (χ1) is 11.9. The van der Waals surface area contributed by atoms with Crippen molar-refractivity contribution in [3.8, 4) is 0 Å².